The molecule has 1 aliphatic rings. The molecule has 0 aliphatic carbocycles. The van der Waals surface area contributed by atoms with Crippen molar-refractivity contribution in [2.75, 3.05) is 23.3 Å². The molecule has 25 heavy (non-hydrogen) atoms. The summed E-state index contributed by atoms with van der Waals surface area (Å²) in [6.45, 7) is 8.45. The number of amides is 1. The quantitative estimate of drug-likeness (QED) is 0.788. The topological polar surface area (TPSA) is 32.3 Å². The summed E-state index contributed by atoms with van der Waals surface area (Å²) in [6, 6.07) is 13.5. The van der Waals surface area contributed by atoms with Gasteiger partial charge in [0.25, 0.3) is 5.91 Å². The molecule has 0 unspecified atom stereocenters. The Morgan fingerprint density at radius 1 is 1.04 bits per heavy atom. The smallest absolute Gasteiger partial charge is 0.255 e. The van der Waals surface area contributed by atoms with Crippen LogP contribution in [0.25, 0.3) is 0 Å². The maximum Gasteiger partial charge on any atom is 0.255 e. The van der Waals surface area contributed by atoms with Crippen LogP contribution in [0.4, 0.5) is 11.4 Å². The molecule has 2 aromatic rings. The zero-order valence-corrected chi connectivity index (χ0v) is 15.9. The number of para-hydroxylation sites is 1. The summed E-state index contributed by atoms with van der Waals surface area (Å²) in [6.07, 6.45) is 2.32. The van der Waals surface area contributed by atoms with Crippen molar-refractivity contribution in [2.45, 2.75) is 39.0 Å². The molecule has 3 rings (SSSR count). The van der Waals surface area contributed by atoms with E-state index in [4.69, 9.17) is 11.6 Å². The van der Waals surface area contributed by atoms with Crippen molar-refractivity contribution in [1.82, 2.24) is 0 Å². The van der Waals surface area contributed by atoms with Crippen LogP contribution in [-0.4, -0.2) is 19.0 Å². The molecule has 2 aromatic carbocycles. The molecular formula is C21H25ClN2O. The van der Waals surface area contributed by atoms with Crippen molar-refractivity contribution in [3.05, 3.63) is 58.6 Å². The molecule has 0 radical (unpaired) electrons. The standard InChI is InChI=1S/C21H25ClN2O/c1-21(2,3)16-11-9-15(10-12-16)20(25)23-18-8-6-7-17(22)19(18)24-13-4-5-14-24/h6-12H,4-5,13-14H2,1-3H3,(H,23,25). The number of hydrogen-bond acceptors (Lipinski definition) is 2. The third kappa shape index (κ3) is 3.98. The van der Waals surface area contributed by atoms with Gasteiger partial charge in [0, 0.05) is 18.7 Å². The molecule has 1 saturated heterocycles. The minimum Gasteiger partial charge on any atom is -0.369 e. The first-order valence-electron chi connectivity index (χ1n) is 8.81. The van der Waals surface area contributed by atoms with Crippen LogP contribution in [0.2, 0.25) is 5.02 Å². The van der Waals surface area contributed by atoms with Crippen molar-refractivity contribution < 1.29 is 4.79 Å². The molecule has 1 heterocycles. The Morgan fingerprint density at radius 3 is 2.28 bits per heavy atom. The average Bonchev–Trinajstić information content (AvgIpc) is 3.08. The molecule has 0 spiro atoms. The van der Waals surface area contributed by atoms with E-state index in [9.17, 15) is 4.79 Å². The highest BCUT2D eigenvalue weighted by molar-refractivity contribution is 6.34. The molecule has 3 nitrogen and oxygen atoms in total. The van der Waals surface area contributed by atoms with Crippen LogP contribution in [0.5, 0.6) is 0 Å². The Labute approximate surface area is 155 Å². The Hall–Kier alpha value is -2.00. The summed E-state index contributed by atoms with van der Waals surface area (Å²) >= 11 is 6.42. The van der Waals surface area contributed by atoms with Crippen LogP contribution in [-0.2, 0) is 5.41 Å². The van der Waals surface area contributed by atoms with Gasteiger partial charge in [0.2, 0.25) is 0 Å². The minimum absolute atomic E-state index is 0.0743. The predicted octanol–water partition coefficient (Wildman–Crippen LogP) is 5.49. The van der Waals surface area contributed by atoms with Gasteiger partial charge in [-0.05, 0) is 48.1 Å². The van der Waals surface area contributed by atoms with E-state index in [-0.39, 0.29) is 11.3 Å². The fourth-order valence-corrected chi connectivity index (χ4v) is 3.49. The maximum atomic E-state index is 12.7. The minimum atomic E-state index is -0.108. The molecule has 0 aromatic heterocycles. The van der Waals surface area contributed by atoms with E-state index in [0.29, 0.717) is 10.6 Å². The number of nitrogens with one attached hydrogen (secondary N) is 1. The lowest BCUT2D eigenvalue weighted by molar-refractivity contribution is 0.102. The predicted molar refractivity (Wildman–Crippen MR) is 106 cm³/mol. The zero-order chi connectivity index (χ0) is 18.0. The third-order valence-corrected chi connectivity index (χ3v) is 4.98. The van der Waals surface area contributed by atoms with Crippen LogP contribution < -0.4 is 10.2 Å². The van der Waals surface area contributed by atoms with Crippen LogP contribution in [0.3, 0.4) is 0 Å². The summed E-state index contributed by atoms with van der Waals surface area (Å²) in [5.41, 5.74) is 3.65. The molecule has 0 saturated carbocycles. The molecule has 0 bridgehead atoms. The molecule has 1 aliphatic heterocycles. The summed E-state index contributed by atoms with van der Waals surface area (Å²) in [5.74, 6) is -0.108. The second kappa shape index (κ2) is 7.09. The van der Waals surface area contributed by atoms with Gasteiger partial charge in [0.1, 0.15) is 0 Å². The maximum absolute atomic E-state index is 12.7. The summed E-state index contributed by atoms with van der Waals surface area (Å²) in [4.78, 5) is 14.9. The summed E-state index contributed by atoms with van der Waals surface area (Å²) < 4.78 is 0. The molecule has 132 valence electrons. The lowest BCUT2D eigenvalue weighted by Gasteiger charge is -2.23. The molecule has 1 amide bonds. The second-order valence-corrected chi connectivity index (χ2v) is 8.02. The van der Waals surface area contributed by atoms with Crippen LogP contribution in [0.15, 0.2) is 42.5 Å². The number of halogens is 1. The Kier molecular flexibility index (Phi) is 5.05. The van der Waals surface area contributed by atoms with Crippen molar-refractivity contribution in [3.63, 3.8) is 0 Å². The lowest BCUT2D eigenvalue weighted by atomic mass is 9.87. The Balaban J connectivity index is 1.83. The van der Waals surface area contributed by atoms with Gasteiger partial charge in [-0.25, -0.2) is 0 Å². The fourth-order valence-electron chi connectivity index (χ4n) is 3.19. The monoisotopic (exact) mass is 356 g/mol. The van der Waals surface area contributed by atoms with Crippen LogP contribution in [0, 0.1) is 0 Å². The normalized spacial score (nSPS) is 14.6. The van der Waals surface area contributed by atoms with Gasteiger partial charge in [-0.2, -0.15) is 0 Å². The van der Waals surface area contributed by atoms with E-state index in [1.165, 1.54) is 5.56 Å². The second-order valence-electron chi connectivity index (χ2n) is 7.61. The van der Waals surface area contributed by atoms with E-state index < -0.39 is 0 Å². The number of carbonyl (C=O) groups is 1. The van der Waals surface area contributed by atoms with E-state index in [0.717, 1.165) is 37.3 Å². The van der Waals surface area contributed by atoms with E-state index in [1.807, 2.05) is 42.5 Å². The van der Waals surface area contributed by atoms with Gasteiger partial charge in [-0.15, -0.1) is 0 Å². The highest BCUT2D eigenvalue weighted by Crippen LogP contribution is 2.36. The van der Waals surface area contributed by atoms with Crippen molar-refractivity contribution in [3.8, 4) is 0 Å². The number of carbonyl (C=O) groups excluding carboxylic acids is 1. The largest absolute Gasteiger partial charge is 0.369 e. The number of hydrogen-bond donors (Lipinski definition) is 1. The first-order valence-corrected chi connectivity index (χ1v) is 9.19. The van der Waals surface area contributed by atoms with E-state index in [2.05, 4.69) is 31.0 Å². The molecule has 1 fully saturated rings. The van der Waals surface area contributed by atoms with Crippen molar-refractivity contribution in [2.24, 2.45) is 0 Å². The van der Waals surface area contributed by atoms with Gasteiger partial charge in [-0.3, -0.25) is 4.79 Å². The SMILES string of the molecule is CC(C)(C)c1ccc(C(=O)Nc2cccc(Cl)c2N2CCCC2)cc1. The first-order chi connectivity index (χ1) is 11.9. The number of nitrogens with zero attached hydrogens (tertiary/aromatic N) is 1. The van der Waals surface area contributed by atoms with Gasteiger partial charge in [0.05, 0.1) is 16.4 Å². The van der Waals surface area contributed by atoms with Gasteiger partial charge < -0.3 is 10.2 Å². The fraction of sp³-hybridized carbons (Fsp3) is 0.381. The number of rotatable bonds is 3. The summed E-state index contributed by atoms with van der Waals surface area (Å²) in [7, 11) is 0. The molecular weight excluding hydrogens is 332 g/mol. The van der Waals surface area contributed by atoms with Crippen molar-refractivity contribution >= 4 is 28.9 Å². The van der Waals surface area contributed by atoms with Gasteiger partial charge in [0.15, 0.2) is 0 Å². The Bertz CT molecular complexity index is 756. The zero-order valence-electron chi connectivity index (χ0n) is 15.1. The van der Waals surface area contributed by atoms with Crippen LogP contribution >= 0.6 is 11.6 Å². The molecule has 4 heteroatoms. The van der Waals surface area contributed by atoms with E-state index >= 15 is 0 Å². The highest BCUT2D eigenvalue weighted by atomic mass is 35.5. The molecule has 0 atom stereocenters. The highest BCUT2D eigenvalue weighted by Gasteiger charge is 2.20. The number of anilines is 2. The lowest BCUT2D eigenvalue weighted by Crippen LogP contribution is -2.21. The number of benzene rings is 2. The summed E-state index contributed by atoms with van der Waals surface area (Å²) in [5, 5.41) is 3.72. The van der Waals surface area contributed by atoms with E-state index in [1.54, 1.807) is 0 Å². The van der Waals surface area contributed by atoms with Gasteiger partial charge in [-0.1, -0.05) is 50.6 Å². The van der Waals surface area contributed by atoms with Crippen LogP contribution in [0.1, 0.15) is 49.5 Å². The molecule has 1 N–H and O–H groups in total. The van der Waals surface area contributed by atoms with Crippen molar-refractivity contribution in [1.29, 1.82) is 0 Å². The average molecular weight is 357 g/mol. The first kappa shape index (κ1) is 17.8. The van der Waals surface area contributed by atoms with Gasteiger partial charge >= 0.3 is 0 Å². The third-order valence-electron chi connectivity index (χ3n) is 4.67. The Morgan fingerprint density at radius 2 is 1.68 bits per heavy atom.